The van der Waals surface area contributed by atoms with Gasteiger partial charge >= 0.3 is 6.03 Å². The third-order valence-electron chi connectivity index (χ3n) is 3.51. The van der Waals surface area contributed by atoms with Crippen molar-refractivity contribution in [2.45, 2.75) is 26.8 Å². The van der Waals surface area contributed by atoms with Crippen LogP contribution in [0.2, 0.25) is 15.1 Å². The molecule has 0 spiro atoms. The molecule has 1 unspecified atom stereocenters. The minimum Gasteiger partial charge on any atom is -0.491 e. The van der Waals surface area contributed by atoms with Crippen LogP contribution in [0.25, 0.3) is 0 Å². The summed E-state index contributed by atoms with van der Waals surface area (Å²) in [5.74, 6) is 0.834. The standard InChI is InChI=1S/C18H19Cl3N2O2/c1-10-5-4-6-11(2)17(10)25-9-12(3)22-18(24)23-16-14(20)7-13(19)8-15(16)21/h4-8,12H,9H2,1-3H3,(H2,22,23,24). The predicted molar refractivity (Wildman–Crippen MR) is 104 cm³/mol. The minimum absolute atomic E-state index is 0.219. The number of hydrogen-bond donors (Lipinski definition) is 2. The van der Waals surface area contributed by atoms with Crippen LogP contribution in [0.3, 0.4) is 0 Å². The Balaban J connectivity index is 1.93. The van der Waals surface area contributed by atoms with E-state index >= 15 is 0 Å². The van der Waals surface area contributed by atoms with Crippen molar-refractivity contribution in [3.63, 3.8) is 0 Å². The van der Waals surface area contributed by atoms with Gasteiger partial charge < -0.3 is 15.4 Å². The number of halogens is 3. The molecule has 0 aliphatic rings. The first-order valence-corrected chi connectivity index (χ1v) is 8.82. The predicted octanol–water partition coefficient (Wildman–Crippen LogP) is 5.85. The second kappa shape index (κ2) is 8.65. The molecule has 0 aliphatic heterocycles. The maximum atomic E-state index is 12.1. The summed E-state index contributed by atoms with van der Waals surface area (Å²) in [7, 11) is 0. The van der Waals surface area contributed by atoms with E-state index in [1.54, 1.807) is 0 Å². The van der Waals surface area contributed by atoms with Crippen molar-refractivity contribution in [3.8, 4) is 5.75 Å². The summed E-state index contributed by atoms with van der Waals surface area (Å²) in [5.41, 5.74) is 2.42. The molecule has 0 radical (unpaired) electrons. The van der Waals surface area contributed by atoms with Crippen molar-refractivity contribution in [2.75, 3.05) is 11.9 Å². The average molecular weight is 402 g/mol. The quantitative estimate of drug-likeness (QED) is 0.660. The van der Waals surface area contributed by atoms with E-state index in [9.17, 15) is 4.79 Å². The molecule has 4 nitrogen and oxygen atoms in total. The molecule has 0 bridgehead atoms. The lowest BCUT2D eigenvalue weighted by Crippen LogP contribution is -2.39. The van der Waals surface area contributed by atoms with Crippen molar-refractivity contribution in [1.82, 2.24) is 5.32 Å². The molecule has 134 valence electrons. The maximum Gasteiger partial charge on any atom is 0.319 e. The minimum atomic E-state index is -0.427. The molecule has 2 rings (SSSR count). The summed E-state index contributed by atoms with van der Waals surface area (Å²) in [6.07, 6.45) is 0. The highest BCUT2D eigenvalue weighted by Crippen LogP contribution is 2.33. The summed E-state index contributed by atoms with van der Waals surface area (Å²) in [5, 5.41) is 6.35. The summed E-state index contributed by atoms with van der Waals surface area (Å²) in [6.45, 7) is 6.15. The normalized spacial score (nSPS) is 11.8. The van der Waals surface area contributed by atoms with Gasteiger partial charge in [-0.25, -0.2) is 4.79 Å². The maximum absolute atomic E-state index is 12.1. The third-order valence-corrected chi connectivity index (χ3v) is 4.32. The number of para-hydroxylation sites is 1. The number of carbonyl (C=O) groups excluding carboxylic acids is 1. The molecule has 7 heteroatoms. The fraction of sp³-hybridized carbons (Fsp3) is 0.278. The Kier molecular flexibility index (Phi) is 6.82. The van der Waals surface area contributed by atoms with E-state index in [0.717, 1.165) is 16.9 Å². The Morgan fingerprint density at radius 1 is 1.12 bits per heavy atom. The van der Waals surface area contributed by atoms with Crippen molar-refractivity contribution < 1.29 is 9.53 Å². The Labute approximate surface area is 162 Å². The Bertz CT molecular complexity index is 738. The highest BCUT2D eigenvalue weighted by molar-refractivity contribution is 6.42. The zero-order chi connectivity index (χ0) is 18.6. The number of hydrogen-bond acceptors (Lipinski definition) is 2. The van der Waals surface area contributed by atoms with Gasteiger partial charge in [-0.3, -0.25) is 0 Å². The van der Waals surface area contributed by atoms with Gasteiger partial charge in [0.2, 0.25) is 0 Å². The summed E-state index contributed by atoms with van der Waals surface area (Å²) in [4.78, 5) is 12.1. The molecule has 0 heterocycles. The van der Waals surface area contributed by atoms with E-state index in [1.807, 2.05) is 39.0 Å². The third kappa shape index (κ3) is 5.43. The molecule has 0 aromatic heterocycles. The molecular formula is C18H19Cl3N2O2. The zero-order valence-corrected chi connectivity index (χ0v) is 16.4. The second-order valence-corrected chi connectivity index (χ2v) is 7.03. The van der Waals surface area contributed by atoms with Crippen molar-refractivity contribution >= 4 is 46.5 Å². The zero-order valence-electron chi connectivity index (χ0n) is 14.1. The Hall–Kier alpha value is -1.62. The van der Waals surface area contributed by atoms with Gasteiger partial charge in [0, 0.05) is 5.02 Å². The largest absolute Gasteiger partial charge is 0.491 e. The molecule has 0 saturated carbocycles. The number of amides is 2. The molecule has 2 amide bonds. The second-order valence-electron chi connectivity index (χ2n) is 5.78. The van der Waals surface area contributed by atoms with Gasteiger partial charge in [-0.1, -0.05) is 53.0 Å². The van der Waals surface area contributed by atoms with E-state index < -0.39 is 6.03 Å². The molecule has 2 aromatic rings. The van der Waals surface area contributed by atoms with Crippen LogP contribution in [0.1, 0.15) is 18.1 Å². The molecule has 25 heavy (non-hydrogen) atoms. The molecule has 1 atom stereocenters. The molecule has 2 aromatic carbocycles. The van der Waals surface area contributed by atoms with Crippen LogP contribution in [0.5, 0.6) is 5.75 Å². The Morgan fingerprint density at radius 2 is 1.68 bits per heavy atom. The van der Waals surface area contributed by atoms with Crippen LogP contribution < -0.4 is 15.4 Å². The molecule has 0 aliphatic carbocycles. The van der Waals surface area contributed by atoms with Gasteiger partial charge in [0.05, 0.1) is 21.8 Å². The van der Waals surface area contributed by atoms with Gasteiger partial charge in [0.25, 0.3) is 0 Å². The van der Waals surface area contributed by atoms with Crippen molar-refractivity contribution in [2.24, 2.45) is 0 Å². The number of carbonyl (C=O) groups is 1. The lowest BCUT2D eigenvalue weighted by Gasteiger charge is -2.18. The van der Waals surface area contributed by atoms with Gasteiger partial charge in [0.1, 0.15) is 12.4 Å². The van der Waals surface area contributed by atoms with Crippen LogP contribution >= 0.6 is 34.8 Å². The number of urea groups is 1. The van der Waals surface area contributed by atoms with E-state index in [4.69, 9.17) is 39.5 Å². The summed E-state index contributed by atoms with van der Waals surface area (Å²) >= 11 is 18.0. The fourth-order valence-electron chi connectivity index (χ4n) is 2.31. The van der Waals surface area contributed by atoms with Gasteiger partial charge in [-0.15, -0.1) is 0 Å². The summed E-state index contributed by atoms with van der Waals surface area (Å²) < 4.78 is 5.83. The molecule has 0 saturated heterocycles. The number of aryl methyl sites for hydroxylation is 2. The lowest BCUT2D eigenvalue weighted by atomic mass is 10.1. The van der Waals surface area contributed by atoms with Gasteiger partial charge in [-0.05, 0) is 44.0 Å². The number of anilines is 1. The topological polar surface area (TPSA) is 50.4 Å². The van der Waals surface area contributed by atoms with Crippen LogP contribution in [0.4, 0.5) is 10.5 Å². The van der Waals surface area contributed by atoms with Gasteiger partial charge in [0.15, 0.2) is 0 Å². The monoisotopic (exact) mass is 400 g/mol. The SMILES string of the molecule is Cc1cccc(C)c1OCC(C)NC(=O)Nc1c(Cl)cc(Cl)cc1Cl. The number of ether oxygens (including phenoxy) is 1. The first-order valence-electron chi connectivity index (χ1n) is 7.69. The van der Waals surface area contributed by atoms with Crippen LogP contribution in [-0.2, 0) is 0 Å². The number of benzene rings is 2. The highest BCUT2D eigenvalue weighted by atomic mass is 35.5. The van der Waals surface area contributed by atoms with Crippen molar-refractivity contribution in [1.29, 1.82) is 0 Å². The molecule has 2 N–H and O–H groups in total. The van der Waals surface area contributed by atoms with E-state index in [1.165, 1.54) is 12.1 Å². The van der Waals surface area contributed by atoms with Crippen LogP contribution in [0.15, 0.2) is 30.3 Å². The Morgan fingerprint density at radius 3 is 2.24 bits per heavy atom. The van der Waals surface area contributed by atoms with E-state index in [0.29, 0.717) is 17.3 Å². The average Bonchev–Trinajstić information content (AvgIpc) is 2.50. The van der Waals surface area contributed by atoms with Crippen molar-refractivity contribution in [3.05, 3.63) is 56.5 Å². The van der Waals surface area contributed by atoms with E-state index in [2.05, 4.69) is 10.6 Å². The number of rotatable bonds is 5. The van der Waals surface area contributed by atoms with E-state index in [-0.39, 0.29) is 16.1 Å². The highest BCUT2D eigenvalue weighted by Gasteiger charge is 2.14. The van der Waals surface area contributed by atoms with Crippen LogP contribution in [0, 0.1) is 13.8 Å². The molecule has 0 fully saturated rings. The first kappa shape index (κ1) is 19.7. The molecular weight excluding hydrogens is 383 g/mol. The van der Waals surface area contributed by atoms with Crippen LogP contribution in [-0.4, -0.2) is 18.7 Å². The van der Waals surface area contributed by atoms with Gasteiger partial charge in [-0.2, -0.15) is 0 Å². The first-order chi connectivity index (χ1) is 11.8. The number of nitrogens with one attached hydrogen (secondary N) is 2. The smallest absolute Gasteiger partial charge is 0.319 e. The fourth-order valence-corrected chi connectivity index (χ4v) is 3.22. The lowest BCUT2D eigenvalue weighted by molar-refractivity contribution is 0.236. The summed E-state index contributed by atoms with van der Waals surface area (Å²) in [6, 6.07) is 8.32.